The van der Waals surface area contributed by atoms with Crippen molar-refractivity contribution in [2.75, 3.05) is 7.11 Å². The summed E-state index contributed by atoms with van der Waals surface area (Å²) >= 11 is 0. The molecule has 25 heavy (non-hydrogen) atoms. The number of methoxy groups -OCH3 is 1. The molecule has 3 aromatic rings. The molecule has 128 valence electrons. The van der Waals surface area contributed by atoms with Gasteiger partial charge in [-0.3, -0.25) is 0 Å². The van der Waals surface area contributed by atoms with Crippen LogP contribution in [0.1, 0.15) is 16.2 Å². The second-order valence-electron chi connectivity index (χ2n) is 4.99. The number of rotatable bonds is 3. The van der Waals surface area contributed by atoms with Gasteiger partial charge in [0.1, 0.15) is 5.75 Å². The third-order valence-electron chi connectivity index (χ3n) is 3.29. The highest BCUT2D eigenvalue weighted by Gasteiger charge is 2.35. The number of fused-ring (bicyclic) bond motifs is 1. The van der Waals surface area contributed by atoms with Gasteiger partial charge in [0, 0.05) is 0 Å². The molecular formula is C17H11F3N2O3. The van der Waals surface area contributed by atoms with Gasteiger partial charge in [-0.15, -0.1) is 0 Å². The van der Waals surface area contributed by atoms with Crippen molar-refractivity contribution >= 4 is 16.9 Å². The summed E-state index contributed by atoms with van der Waals surface area (Å²) < 4.78 is 49.1. The van der Waals surface area contributed by atoms with E-state index in [1.807, 2.05) is 0 Å². The minimum atomic E-state index is -4.71. The van der Waals surface area contributed by atoms with Crippen LogP contribution in [-0.4, -0.2) is 23.0 Å². The molecule has 0 atom stereocenters. The molecule has 0 bridgehead atoms. The van der Waals surface area contributed by atoms with Crippen LogP contribution in [0.25, 0.3) is 10.9 Å². The third kappa shape index (κ3) is 3.52. The number of carbonyl (C=O) groups excluding carboxylic acids is 1. The minimum absolute atomic E-state index is 0.101. The van der Waals surface area contributed by atoms with Crippen molar-refractivity contribution in [2.45, 2.75) is 6.18 Å². The van der Waals surface area contributed by atoms with E-state index in [9.17, 15) is 18.0 Å². The van der Waals surface area contributed by atoms with Crippen LogP contribution in [0.5, 0.6) is 11.6 Å². The molecule has 0 aliphatic heterocycles. The number of alkyl halides is 3. The monoisotopic (exact) mass is 348 g/mol. The van der Waals surface area contributed by atoms with E-state index in [1.165, 1.54) is 37.4 Å². The predicted octanol–water partition coefficient (Wildman–Crippen LogP) is 4.23. The average Bonchev–Trinajstić information content (AvgIpc) is 2.60. The highest BCUT2D eigenvalue weighted by atomic mass is 19.4. The number of halogens is 3. The second-order valence-corrected chi connectivity index (χ2v) is 4.99. The molecule has 5 nitrogen and oxygen atoms in total. The lowest BCUT2D eigenvalue weighted by Gasteiger charge is -2.12. The van der Waals surface area contributed by atoms with Gasteiger partial charge >= 0.3 is 12.1 Å². The van der Waals surface area contributed by atoms with E-state index in [1.54, 1.807) is 18.2 Å². The van der Waals surface area contributed by atoms with E-state index in [2.05, 4.69) is 14.7 Å². The Kier molecular flexibility index (Phi) is 4.26. The normalized spacial score (nSPS) is 11.4. The number of carbonyl (C=O) groups is 1. The highest BCUT2D eigenvalue weighted by molar-refractivity contribution is 5.90. The maximum atomic E-state index is 13.0. The largest absolute Gasteiger partial charge is 0.465 e. The quantitative estimate of drug-likeness (QED) is 0.663. The van der Waals surface area contributed by atoms with Crippen LogP contribution in [0.2, 0.25) is 0 Å². The third-order valence-corrected chi connectivity index (χ3v) is 3.29. The predicted molar refractivity (Wildman–Crippen MR) is 82.4 cm³/mol. The van der Waals surface area contributed by atoms with Gasteiger partial charge in [0.25, 0.3) is 0 Å². The van der Waals surface area contributed by atoms with Crippen molar-refractivity contribution in [3.63, 3.8) is 0 Å². The molecule has 0 unspecified atom stereocenters. The summed E-state index contributed by atoms with van der Waals surface area (Å²) in [5.74, 6) is -1.99. The van der Waals surface area contributed by atoms with Gasteiger partial charge in [0.2, 0.25) is 11.7 Å². The Bertz CT molecular complexity index is 942. The first-order valence-corrected chi connectivity index (χ1v) is 7.08. The van der Waals surface area contributed by atoms with Crippen molar-refractivity contribution < 1.29 is 27.4 Å². The van der Waals surface area contributed by atoms with E-state index in [-0.39, 0.29) is 22.7 Å². The Morgan fingerprint density at radius 1 is 1.04 bits per heavy atom. The molecule has 2 aromatic carbocycles. The van der Waals surface area contributed by atoms with Crippen LogP contribution < -0.4 is 4.74 Å². The van der Waals surface area contributed by atoms with Gasteiger partial charge in [-0.2, -0.15) is 18.2 Å². The highest BCUT2D eigenvalue weighted by Crippen LogP contribution is 2.33. The summed E-state index contributed by atoms with van der Waals surface area (Å²) in [6.07, 6.45) is -4.71. The Labute approximate surface area is 140 Å². The summed E-state index contributed by atoms with van der Waals surface area (Å²) in [5, 5.41) is 0.318. The minimum Gasteiger partial charge on any atom is -0.465 e. The lowest BCUT2D eigenvalue weighted by atomic mass is 10.2. The number of hydrogen-bond acceptors (Lipinski definition) is 5. The van der Waals surface area contributed by atoms with Gasteiger partial charge in [-0.25, -0.2) is 9.78 Å². The number of nitrogens with zero attached hydrogens (tertiary/aromatic N) is 2. The zero-order chi connectivity index (χ0) is 18.0. The van der Waals surface area contributed by atoms with E-state index in [4.69, 9.17) is 4.74 Å². The van der Waals surface area contributed by atoms with Crippen molar-refractivity contribution in [3.8, 4) is 11.6 Å². The van der Waals surface area contributed by atoms with Crippen molar-refractivity contribution in [2.24, 2.45) is 0 Å². The molecule has 1 heterocycles. The fourth-order valence-electron chi connectivity index (χ4n) is 2.17. The molecule has 0 N–H and O–H groups in total. The molecule has 0 saturated heterocycles. The summed E-state index contributed by atoms with van der Waals surface area (Å²) in [6, 6.07) is 12.1. The van der Waals surface area contributed by atoms with E-state index < -0.39 is 18.0 Å². The molecule has 0 aliphatic carbocycles. The number of para-hydroxylation sites is 1. The number of ether oxygens (including phenoxy) is 2. The Balaban J connectivity index is 2.08. The lowest BCUT2D eigenvalue weighted by Crippen LogP contribution is -2.12. The van der Waals surface area contributed by atoms with Gasteiger partial charge < -0.3 is 9.47 Å². The van der Waals surface area contributed by atoms with Crippen LogP contribution >= 0.6 is 0 Å². The van der Waals surface area contributed by atoms with Crippen molar-refractivity contribution in [3.05, 3.63) is 59.9 Å². The van der Waals surface area contributed by atoms with Crippen LogP contribution in [0.4, 0.5) is 13.2 Å². The molecule has 0 amide bonds. The van der Waals surface area contributed by atoms with Crippen LogP contribution in [-0.2, 0) is 10.9 Å². The maximum Gasteiger partial charge on any atom is 0.451 e. The standard InChI is InChI=1S/C17H11F3N2O3/c1-24-15(23)10-5-4-6-11(9-10)25-14-12-7-2-3-8-13(12)21-16(22-14)17(18,19)20/h2-9H,1H3. The SMILES string of the molecule is COC(=O)c1cccc(Oc2nc(C(F)(F)F)nc3ccccc23)c1. The van der Waals surface area contributed by atoms with Gasteiger partial charge in [-0.05, 0) is 30.3 Å². The molecule has 0 saturated carbocycles. The number of hydrogen-bond donors (Lipinski definition) is 0. The van der Waals surface area contributed by atoms with Crippen LogP contribution in [0.15, 0.2) is 48.5 Å². The first-order chi connectivity index (χ1) is 11.9. The second kappa shape index (κ2) is 6.39. The smallest absolute Gasteiger partial charge is 0.451 e. The van der Waals surface area contributed by atoms with Gasteiger partial charge in [0.15, 0.2) is 0 Å². The molecule has 0 radical (unpaired) electrons. The first kappa shape index (κ1) is 16.7. The molecule has 0 aliphatic rings. The number of esters is 1. The summed E-state index contributed by atoms with van der Waals surface area (Å²) in [7, 11) is 1.23. The fourth-order valence-corrected chi connectivity index (χ4v) is 2.17. The summed E-state index contributed by atoms with van der Waals surface area (Å²) in [4.78, 5) is 18.6. The Hall–Kier alpha value is -3.16. The molecular weight excluding hydrogens is 337 g/mol. The molecule has 1 aromatic heterocycles. The topological polar surface area (TPSA) is 61.3 Å². The van der Waals surface area contributed by atoms with Crippen LogP contribution in [0, 0.1) is 0 Å². The van der Waals surface area contributed by atoms with E-state index >= 15 is 0 Å². The van der Waals surface area contributed by atoms with E-state index in [0.29, 0.717) is 5.39 Å². The average molecular weight is 348 g/mol. The van der Waals surface area contributed by atoms with Gasteiger partial charge in [-0.1, -0.05) is 18.2 Å². The molecule has 0 fully saturated rings. The molecule has 8 heteroatoms. The molecule has 3 rings (SSSR count). The van der Waals surface area contributed by atoms with Crippen molar-refractivity contribution in [1.82, 2.24) is 9.97 Å². The Morgan fingerprint density at radius 2 is 1.80 bits per heavy atom. The van der Waals surface area contributed by atoms with Gasteiger partial charge in [0.05, 0.1) is 23.6 Å². The first-order valence-electron chi connectivity index (χ1n) is 7.08. The van der Waals surface area contributed by atoms with E-state index in [0.717, 1.165) is 0 Å². The lowest BCUT2D eigenvalue weighted by molar-refractivity contribution is -0.144. The zero-order valence-corrected chi connectivity index (χ0v) is 12.9. The maximum absolute atomic E-state index is 13.0. The molecule has 0 spiro atoms. The summed E-state index contributed by atoms with van der Waals surface area (Å²) in [6.45, 7) is 0. The Morgan fingerprint density at radius 3 is 2.52 bits per heavy atom. The zero-order valence-electron chi connectivity index (χ0n) is 12.9. The van der Waals surface area contributed by atoms with Crippen LogP contribution in [0.3, 0.4) is 0 Å². The van der Waals surface area contributed by atoms with Crippen molar-refractivity contribution in [1.29, 1.82) is 0 Å². The fraction of sp³-hybridized carbons (Fsp3) is 0.118. The number of aromatic nitrogens is 2. The number of benzene rings is 2. The summed E-state index contributed by atoms with van der Waals surface area (Å²) in [5.41, 5.74) is 0.304.